The van der Waals surface area contributed by atoms with E-state index in [4.69, 9.17) is 4.74 Å². The van der Waals surface area contributed by atoms with E-state index in [2.05, 4.69) is 20.7 Å². The zero-order valence-corrected chi connectivity index (χ0v) is 14.1. The SMILES string of the molecule is CC(C)S(=O)(=O)N[C@@H]1CCCO[C@H]1c1ccc(Br)cc1. The first-order valence-electron chi connectivity index (χ1n) is 6.78. The number of ether oxygens (including phenoxy) is 1. The molecule has 1 saturated heterocycles. The lowest BCUT2D eigenvalue weighted by Gasteiger charge is -2.33. The molecule has 0 unspecified atom stereocenters. The third-order valence-electron chi connectivity index (χ3n) is 3.46. The molecule has 0 amide bonds. The van der Waals surface area contributed by atoms with E-state index in [1.54, 1.807) is 13.8 Å². The van der Waals surface area contributed by atoms with Gasteiger partial charge < -0.3 is 4.74 Å². The van der Waals surface area contributed by atoms with Crippen LogP contribution in [0.5, 0.6) is 0 Å². The van der Waals surface area contributed by atoms with E-state index in [1.807, 2.05) is 24.3 Å². The molecular formula is C14H20BrNO3S. The monoisotopic (exact) mass is 361 g/mol. The van der Waals surface area contributed by atoms with Gasteiger partial charge in [-0.05, 0) is 44.4 Å². The third kappa shape index (κ3) is 3.81. The lowest BCUT2D eigenvalue weighted by atomic mass is 9.97. The van der Waals surface area contributed by atoms with Gasteiger partial charge in [-0.1, -0.05) is 28.1 Å². The molecule has 6 heteroatoms. The van der Waals surface area contributed by atoms with Crippen molar-refractivity contribution < 1.29 is 13.2 Å². The highest BCUT2D eigenvalue weighted by molar-refractivity contribution is 9.10. The molecule has 1 fully saturated rings. The Hall–Kier alpha value is -0.430. The van der Waals surface area contributed by atoms with Crippen LogP contribution in [0.2, 0.25) is 0 Å². The summed E-state index contributed by atoms with van der Waals surface area (Å²) in [6.45, 7) is 4.03. The molecule has 112 valence electrons. The molecule has 4 nitrogen and oxygen atoms in total. The van der Waals surface area contributed by atoms with Crippen LogP contribution in [-0.4, -0.2) is 26.3 Å². The summed E-state index contributed by atoms with van der Waals surface area (Å²) >= 11 is 3.40. The van der Waals surface area contributed by atoms with Crippen LogP contribution in [-0.2, 0) is 14.8 Å². The van der Waals surface area contributed by atoms with Crippen LogP contribution in [0.4, 0.5) is 0 Å². The van der Waals surface area contributed by atoms with Crippen molar-refractivity contribution in [1.82, 2.24) is 4.72 Å². The fraction of sp³-hybridized carbons (Fsp3) is 0.571. The molecule has 0 aliphatic carbocycles. The number of sulfonamides is 1. The van der Waals surface area contributed by atoms with Gasteiger partial charge in [0.2, 0.25) is 10.0 Å². The fourth-order valence-electron chi connectivity index (χ4n) is 2.23. The van der Waals surface area contributed by atoms with Gasteiger partial charge in [-0.3, -0.25) is 0 Å². The lowest BCUT2D eigenvalue weighted by molar-refractivity contribution is -0.00447. The average molecular weight is 362 g/mol. The molecule has 1 heterocycles. The highest BCUT2D eigenvalue weighted by Gasteiger charge is 2.31. The second-order valence-electron chi connectivity index (χ2n) is 5.30. The summed E-state index contributed by atoms with van der Waals surface area (Å²) in [5, 5.41) is -0.435. The minimum atomic E-state index is -3.29. The quantitative estimate of drug-likeness (QED) is 0.896. The molecule has 2 rings (SSSR count). The smallest absolute Gasteiger partial charge is 0.214 e. The van der Waals surface area contributed by atoms with E-state index in [-0.39, 0.29) is 12.1 Å². The number of hydrogen-bond donors (Lipinski definition) is 1. The molecule has 1 aliphatic rings. The number of halogens is 1. The van der Waals surface area contributed by atoms with Gasteiger partial charge in [0.1, 0.15) is 0 Å². The summed E-state index contributed by atoms with van der Waals surface area (Å²) in [5.41, 5.74) is 1.00. The molecule has 1 N–H and O–H groups in total. The van der Waals surface area contributed by atoms with Crippen LogP contribution in [0, 0.1) is 0 Å². The van der Waals surface area contributed by atoms with E-state index in [0.717, 1.165) is 22.9 Å². The number of rotatable bonds is 4. The summed E-state index contributed by atoms with van der Waals surface area (Å²) < 4.78 is 33.7. The van der Waals surface area contributed by atoms with E-state index in [9.17, 15) is 8.42 Å². The third-order valence-corrected chi connectivity index (χ3v) is 5.86. The van der Waals surface area contributed by atoms with Crippen LogP contribution in [0.1, 0.15) is 38.4 Å². The van der Waals surface area contributed by atoms with Gasteiger partial charge in [0, 0.05) is 11.1 Å². The molecule has 0 aromatic heterocycles. The Balaban J connectivity index is 2.19. The molecule has 2 atom stereocenters. The topological polar surface area (TPSA) is 55.4 Å². The van der Waals surface area contributed by atoms with Crippen molar-refractivity contribution in [3.05, 3.63) is 34.3 Å². The maximum atomic E-state index is 12.1. The number of hydrogen-bond acceptors (Lipinski definition) is 3. The molecule has 1 aliphatic heterocycles. The normalized spacial score (nSPS) is 24.0. The summed E-state index contributed by atoms with van der Waals surface area (Å²) in [7, 11) is -3.29. The Kier molecular flexibility index (Phi) is 5.23. The fourth-order valence-corrected chi connectivity index (χ4v) is 3.43. The Morgan fingerprint density at radius 1 is 1.30 bits per heavy atom. The average Bonchev–Trinajstić information content (AvgIpc) is 2.40. The second kappa shape index (κ2) is 6.56. The van der Waals surface area contributed by atoms with E-state index in [1.165, 1.54) is 0 Å². The zero-order chi connectivity index (χ0) is 14.8. The molecule has 0 spiro atoms. The van der Waals surface area contributed by atoms with E-state index >= 15 is 0 Å². The van der Waals surface area contributed by atoms with Gasteiger partial charge in [0.15, 0.2) is 0 Å². The first-order chi connectivity index (χ1) is 9.40. The van der Waals surface area contributed by atoms with Crippen LogP contribution in [0.15, 0.2) is 28.7 Å². The van der Waals surface area contributed by atoms with Crippen LogP contribution < -0.4 is 4.72 Å². The highest BCUT2D eigenvalue weighted by atomic mass is 79.9. The molecule has 0 radical (unpaired) electrons. The number of nitrogens with one attached hydrogen (secondary N) is 1. The molecule has 1 aromatic rings. The van der Waals surface area contributed by atoms with Crippen LogP contribution in [0.3, 0.4) is 0 Å². The summed E-state index contributed by atoms with van der Waals surface area (Å²) in [6.07, 6.45) is 1.45. The predicted molar refractivity (Wildman–Crippen MR) is 83.0 cm³/mol. The van der Waals surface area contributed by atoms with E-state index < -0.39 is 15.3 Å². The predicted octanol–water partition coefficient (Wildman–Crippen LogP) is 3.00. The van der Waals surface area contributed by atoms with Crippen LogP contribution in [0.25, 0.3) is 0 Å². The Morgan fingerprint density at radius 3 is 2.55 bits per heavy atom. The summed E-state index contributed by atoms with van der Waals surface area (Å²) in [5.74, 6) is 0. The van der Waals surface area contributed by atoms with Crippen molar-refractivity contribution in [2.75, 3.05) is 6.61 Å². The minimum absolute atomic E-state index is 0.197. The molecule has 0 saturated carbocycles. The molecule has 0 bridgehead atoms. The van der Waals surface area contributed by atoms with Gasteiger partial charge in [-0.2, -0.15) is 0 Å². The maximum absolute atomic E-state index is 12.1. The Morgan fingerprint density at radius 2 is 1.95 bits per heavy atom. The van der Waals surface area contributed by atoms with Crippen molar-refractivity contribution in [2.24, 2.45) is 0 Å². The van der Waals surface area contributed by atoms with Crippen molar-refractivity contribution in [1.29, 1.82) is 0 Å². The zero-order valence-electron chi connectivity index (χ0n) is 11.7. The van der Waals surface area contributed by atoms with Gasteiger partial charge in [0.05, 0.1) is 17.4 Å². The van der Waals surface area contributed by atoms with Crippen LogP contribution >= 0.6 is 15.9 Å². The summed E-state index contributed by atoms with van der Waals surface area (Å²) in [4.78, 5) is 0. The van der Waals surface area contributed by atoms with E-state index in [0.29, 0.717) is 6.61 Å². The first kappa shape index (κ1) is 15.9. The molecule has 1 aromatic carbocycles. The van der Waals surface area contributed by atoms with Gasteiger partial charge in [0.25, 0.3) is 0 Å². The highest BCUT2D eigenvalue weighted by Crippen LogP contribution is 2.30. The summed E-state index contributed by atoms with van der Waals surface area (Å²) in [6, 6.07) is 7.63. The van der Waals surface area contributed by atoms with Crippen molar-refractivity contribution >= 4 is 26.0 Å². The standard InChI is InChI=1S/C14H20BrNO3S/c1-10(2)20(17,18)16-13-4-3-9-19-14(13)11-5-7-12(15)8-6-11/h5-8,10,13-14,16H,3-4,9H2,1-2H3/t13-,14+/m1/s1. The Labute approximate surface area is 129 Å². The van der Waals surface area contributed by atoms with Crippen molar-refractivity contribution in [3.63, 3.8) is 0 Å². The second-order valence-corrected chi connectivity index (χ2v) is 8.49. The van der Waals surface area contributed by atoms with Crippen molar-refractivity contribution in [3.8, 4) is 0 Å². The molecular weight excluding hydrogens is 342 g/mol. The van der Waals surface area contributed by atoms with Crippen molar-refractivity contribution in [2.45, 2.75) is 44.1 Å². The first-order valence-corrected chi connectivity index (χ1v) is 9.12. The number of benzene rings is 1. The largest absolute Gasteiger partial charge is 0.372 e. The Bertz CT molecular complexity index is 542. The minimum Gasteiger partial charge on any atom is -0.372 e. The van der Waals surface area contributed by atoms with Gasteiger partial charge in [-0.15, -0.1) is 0 Å². The van der Waals surface area contributed by atoms with Gasteiger partial charge >= 0.3 is 0 Å². The lowest BCUT2D eigenvalue weighted by Crippen LogP contribution is -2.45. The van der Waals surface area contributed by atoms with Gasteiger partial charge in [-0.25, -0.2) is 13.1 Å². The maximum Gasteiger partial charge on any atom is 0.214 e. The molecule has 20 heavy (non-hydrogen) atoms.